The van der Waals surface area contributed by atoms with Crippen LogP contribution in [0.25, 0.3) is 0 Å². The lowest BCUT2D eigenvalue weighted by Crippen LogP contribution is -2.44. The molecule has 2 nitrogen and oxygen atoms in total. The Hall–Kier alpha value is -0.580. The second-order valence-corrected chi connectivity index (χ2v) is 3.78. The number of Topliss-reactive ketones (excluding diaryl/α,β-unsaturated/α-hetero) is 1. The van der Waals surface area contributed by atoms with E-state index in [0.717, 1.165) is 0 Å². The summed E-state index contributed by atoms with van der Waals surface area (Å²) >= 11 is 0. The zero-order valence-electron chi connectivity index (χ0n) is 8.85. The van der Waals surface area contributed by atoms with Crippen LogP contribution in [-0.2, 0) is 4.79 Å². The van der Waals surface area contributed by atoms with Crippen molar-refractivity contribution in [1.82, 2.24) is 4.90 Å². The molecule has 0 heterocycles. The fourth-order valence-electron chi connectivity index (χ4n) is 1.22. The first kappa shape index (κ1) is 13.4. The number of halogens is 3. The van der Waals surface area contributed by atoms with E-state index in [4.69, 9.17) is 0 Å². The summed E-state index contributed by atoms with van der Waals surface area (Å²) < 4.78 is 35.9. The number of nitrogens with zero attached hydrogens (tertiary/aromatic N) is 1. The largest absolute Gasteiger partial charge is 0.451 e. The number of ketones is 1. The molecule has 84 valence electrons. The molecule has 0 aliphatic rings. The second kappa shape index (κ2) is 4.77. The summed E-state index contributed by atoms with van der Waals surface area (Å²) in [5, 5.41) is 0. The van der Waals surface area contributed by atoms with Crippen molar-refractivity contribution in [3.63, 3.8) is 0 Å². The van der Waals surface area contributed by atoms with E-state index in [1.165, 1.54) is 4.90 Å². The van der Waals surface area contributed by atoms with Crippen molar-refractivity contribution < 1.29 is 18.0 Å². The number of rotatable bonds is 4. The van der Waals surface area contributed by atoms with E-state index < -0.39 is 18.5 Å². The fraction of sp³-hybridized carbons (Fsp3) is 0.889. The summed E-state index contributed by atoms with van der Waals surface area (Å²) in [4.78, 5) is 12.2. The Bertz CT molecular complexity index is 191. The number of alkyl halides is 3. The molecular formula is C9H16F3NO. The smallest absolute Gasteiger partial charge is 0.291 e. The van der Waals surface area contributed by atoms with Crippen LogP contribution >= 0.6 is 0 Å². The third kappa shape index (κ3) is 4.09. The van der Waals surface area contributed by atoms with Crippen LogP contribution < -0.4 is 0 Å². The minimum atomic E-state index is -4.72. The predicted molar refractivity (Wildman–Crippen MR) is 48.0 cm³/mol. The third-order valence-corrected chi connectivity index (χ3v) is 1.97. The van der Waals surface area contributed by atoms with E-state index in [9.17, 15) is 18.0 Å². The molecule has 0 radical (unpaired) electrons. The van der Waals surface area contributed by atoms with E-state index in [1.807, 2.05) is 0 Å². The van der Waals surface area contributed by atoms with Crippen molar-refractivity contribution in [2.75, 3.05) is 6.54 Å². The number of hydrogen-bond acceptors (Lipinski definition) is 2. The van der Waals surface area contributed by atoms with E-state index in [0.29, 0.717) is 0 Å². The van der Waals surface area contributed by atoms with Crippen LogP contribution in [0.2, 0.25) is 0 Å². The number of carbonyl (C=O) groups excluding carboxylic acids is 1. The number of carbonyl (C=O) groups is 1. The van der Waals surface area contributed by atoms with Crippen LogP contribution in [0.15, 0.2) is 0 Å². The molecule has 0 spiro atoms. The predicted octanol–water partition coefficient (Wildman–Crippen LogP) is 2.24. The molecule has 0 amide bonds. The van der Waals surface area contributed by atoms with Gasteiger partial charge in [0.15, 0.2) is 0 Å². The minimum absolute atomic E-state index is 0.0682. The van der Waals surface area contributed by atoms with Crippen molar-refractivity contribution in [3.8, 4) is 0 Å². The Kier molecular flexibility index (Phi) is 4.58. The monoisotopic (exact) mass is 211 g/mol. The molecule has 0 fully saturated rings. The van der Waals surface area contributed by atoms with Crippen molar-refractivity contribution in [3.05, 3.63) is 0 Å². The first-order chi connectivity index (χ1) is 6.16. The van der Waals surface area contributed by atoms with Gasteiger partial charge in [0.25, 0.3) is 0 Å². The van der Waals surface area contributed by atoms with Gasteiger partial charge in [0.2, 0.25) is 5.78 Å². The molecular weight excluding hydrogens is 195 g/mol. The average molecular weight is 211 g/mol. The SMILES string of the molecule is CC(C)N(CC(=O)C(F)(F)F)C(C)C. The lowest BCUT2D eigenvalue weighted by Gasteiger charge is -2.29. The molecule has 14 heavy (non-hydrogen) atoms. The molecule has 5 heteroatoms. The van der Waals surface area contributed by atoms with Gasteiger partial charge in [-0.25, -0.2) is 0 Å². The van der Waals surface area contributed by atoms with E-state index in [2.05, 4.69) is 0 Å². The first-order valence-electron chi connectivity index (χ1n) is 4.52. The quantitative estimate of drug-likeness (QED) is 0.710. The van der Waals surface area contributed by atoms with Crippen LogP contribution in [-0.4, -0.2) is 35.5 Å². The molecule has 0 aromatic heterocycles. The lowest BCUT2D eigenvalue weighted by atomic mass is 10.2. The molecule has 0 rings (SSSR count). The summed E-state index contributed by atoms with van der Waals surface area (Å²) in [7, 11) is 0. The Morgan fingerprint density at radius 3 is 1.71 bits per heavy atom. The molecule has 0 unspecified atom stereocenters. The minimum Gasteiger partial charge on any atom is -0.291 e. The van der Waals surface area contributed by atoms with Crippen LogP contribution in [0.5, 0.6) is 0 Å². The molecule has 0 saturated heterocycles. The Labute approximate surface area is 82.1 Å². The Balaban J connectivity index is 4.40. The van der Waals surface area contributed by atoms with Gasteiger partial charge in [0, 0.05) is 12.1 Å². The maximum absolute atomic E-state index is 12.0. The van der Waals surface area contributed by atoms with Gasteiger partial charge in [-0.15, -0.1) is 0 Å². The topological polar surface area (TPSA) is 20.3 Å². The van der Waals surface area contributed by atoms with Gasteiger partial charge in [-0.05, 0) is 27.7 Å². The maximum atomic E-state index is 12.0. The maximum Gasteiger partial charge on any atom is 0.451 e. The van der Waals surface area contributed by atoms with Crippen LogP contribution in [0, 0.1) is 0 Å². The van der Waals surface area contributed by atoms with Crippen molar-refractivity contribution >= 4 is 5.78 Å². The zero-order chi connectivity index (χ0) is 11.5. The highest BCUT2D eigenvalue weighted by atomic mass is 19.4. The van der Waals surface area contributed by atoms with Gasteiger partial charge in [-0.1, -0.05) is 0 Å². The highest BCUT2D eigenvalue weighted by molar-refractivity contribution is 5.85. The normalized spacial score (nSPS) is 13.0. The highest BCUT2D eigenvalue weighted by Crippen LogP contribution is 2.18. The van der Waals surface area contributed by atoms with E-state index in [-0.39, 0.29) is 12.1 Å². The molecule has 0 atom stereocenters. The summed E-state index contributed by atoms with van der Waals surface area (Å²) in [6, 6.07) is -0.136. The lowest BCUT2D eigenvalue weighted by molar-refractivity contribution is -0.172. The second-order valence-electron chi connectivity index (χ2n) is 3.78. The first-order valence-corrected chi connectivity index (χ1v) is 4.52. The molecule has 0 aromatic carbocycles. The van der Waals surface area contributed by atoms with Crippen LogP contribution in [0.4, 0.5) is 13.2 Å². The highest BCUT2D eigenvalue weighted by Gasteiger charge is 2.39. The summed E-state index contributed by atoms with van der Waals surface area (Å²) in [5.41, 5.74) is 0. The molecule has 0 N–H and O–H groups in total. The van der Waals surface area contributed by atoms with E-state index >= 15 is 0 Å². The van der Waals surface area contributed by atoms with E-state index in [1.54, 1.807) is 27.7 Å². The van der Waals surface area contributed by atoms with Crippen molar-refractivity contribution in [2.24, 2.45) is 0 Å². The van der Waals surface area contributed by atoms with Crippen LogP contribution in [0.1, 0.15) is 27.7 Å². The standard InChI is InChI=1S/C9H16F3NO/c1-6(2)13(7(3)4)5-8(14)9(10,11)12/h6-7H,5H2,1-4H3. The molecule has 0 aliphatic carbocycles. The fourth-order valence-corrected chi connectivity index (χ4v) is 1.22. The summed E-state index contributed by atoms with van der Waals surface area (Å²) in [5.74, 6) is -1.68. The van der Waals surface area contributed by atoms with Gasteiger partial charge in [0.1, 0.15) is 0 Å². The van der Waals surface area contributed by atoms with Gasteiger partial charge in [-0.3, -0.25) is 9.69 Å². The van der Waals surface area contributed by atoms with Gasteiger partial charge >= 0.3 is 6.18 Å². The zero-order valence-corrected chi connectivity index (χ0v) is 8.85. The Morgan fingerprint density at radius 2 is 1.50 bits per heavy atom. The van der Waals surface area contributed by atoms with Gasteiger partial charge in [0.05, 0.1) is 6.54 Å². The number of hydrogen-bond donors (Lipinski definition) is 0. The van der Waals surface area contributed by atoms with Gasteiger partial charge in [-0.2, -0.15) is 13.2 Å². The Morgan fingerprint density at radius 1 is 1.14 bits per heavy atom. The van der Waals surface area contributed by atoms with Crippen molar-refractivity contribution in [2.45, 2.75) is 46.0 Å². The summed E-state index contributed by atoms with van der Waals surface area (Å²) in [6.45, 7) is 6.51. The summed E-state index contributed by atoms with van der Waals surface area (Å²) in [6.07, 6.45) is -4.72. The third-order valence-electron chi connectivity index (χ3n) is 1.97. The average Bonchev–Trinajstić information content (AvgIpc) is 1.96. The molecule has 0 aliphatic heterocycles. The van der Waals surface area contributed by atoms with Crippen LogP contribution in [0.3, 0.4) is 0 Å². The molecule has 0 aromatic rings. The van der Waals surface area contributed by atoms with Gasteiger partial charge < -0.3 is 0 Å². The molecule has 0 bridgehead atoms. The van der Waals surface area contributed by atoms with Crippen molar-refractivity contribution in [1.29, 1.82) is 0 Å². The molecule has 0 saturated carbocycles.